The van der Waals surface area contributed by atoms with E-state index in [-0.39, 0.29) is 0 Å². The second kappa shape index (κ2) is 7.26. The Morgan fingerprint density at radius 3 is 2.40 bits per heavy atom. The van der Waals surface area contributed by atoms with Crippen molar-refractivity contribution in [3.8, 4) is 0 Å². The van der Waals surface area contributed by atoms with Crippen LogP contribution in [0.25, 0.3) is 0 Å². The van der Waals surface area contributed by atoms with E-state index in [0.29, 0.717) is 10.0 Å². The molecule has 0 bridgehead atoms. The SMILES string of the molecule is CSCCCCNc1cc(Cl)cc(Cl)c1. The summed E-state index contributed by atoms with van der Waals surface area (Å²) in [6, 6.07) is 5.52. The molecule has 0 aliphatic rings. The van der Waals surface area contributed by atoms with Crippen LogP contribution >= 0.6 is 35.0 Å². The van der Waals surface area contributed by atoms with E-state index in [9.17, 15) is 0 Å². The fourth-order valence-electron chi connectivity index (χ4n) is 1.26. The minimum absolute atomic E-state index is 0.675. The maximum Gasteiger partial charge on any atom is 0.0441 e. The van der Waals surface area contributed by atoms with Crippen LogP contribution in [0.3, 0.4) is 0 Å². The first kappa shape index (κ1) is 13.0. The van der Waals surface area contributed by atoms with E-state index in [1.807, 2.05) is 23.9 Å². The Morgan fingerprint density at radius 2 is 1.80 bits per heavy atom. The van der Waals surface area contributed by atoms with Crippen LogP contribution < -0.4 is 5.32 Å². The van der Waals surface area contributed by atoms with Gasteiger partial charge in [0.05, 0.1) is 0 Å². The van der Waals surface area contributed by atoms with Crippen LogP contribution in [0.15, 0.2) is 18.2 Å². The lowest BCUT2D eigenvalue weighted by atomic mass is 10.3. The van der Waals surface area contributed by atoms with Crippen molar-refractivity contribution in [3.63, 3.8) is 0 Å². The summed E-state index contributed by atoms with van der Waals surface area (Å²) in [5.74, 6) is 1.22. The van der Waals surface area contributed by atoms with Gasteiger partial charge in [-0.05, 0) is 43.0 Å². The fourth-order valence-corrected chi connectivity index (χ4v) is 2.28. The Bertz CT molecular complexity index is 284. The Morgan fingerprint density at radius 1 is 1.13 bits per heavy atom. The van der Waals surface area contributed by atoms with E-state index in [1.54, 1.807) is 6.07 Å². The number of halogens is 2. The first-order chi connectivity index (χ1) is 7.22. The second-order valence-corrected chi connectivity index (χ2v) is 5.14. The predicted octanol–water partition coefficient (Wildman–Crippen LogP) is 4.55. The molecule has 1 rings (SSSR count). The van der Waals surface area contributed by atoms with Crippen molar-refractivity contribution in [1.29, 1.82) is 0 Å². The zero-order valence-corrected chi connectivity index (χ0v) is 11.1. The molecule has 0 aliphatic carbocycles. The third-order valence-electron chi connectivity index (χ3n) is 1.97. The van der Waals surface area contributed by atoms with Gasteiger partial charge in [-0.2, -0.15) is 11.8 Å². The van der Waals surface area contributed by atoms with Gasteiger partial charge in [-0.25, -0.2) is 0 Å². The molecule has 0 heterocycles. The van der Waals surface area contributed by atoms with Crippen LogP contribution in [0.2, 0.25) is 10.0 Å². The highest BCUT2D eigenvalue weighted by atomic mass is 35.5. The summed E-state index contributed by atoms with van der Waals surface area (Å²) in [5, 5.41) is 4.66. The summed E-state index contributed by atoms with van der Waals surface area (Å²) in [4.78, 5) is 0. The molecule has 1 aromatic rings. The third-order valence-corrected chi connectivity index (χ3v) is 3.10. The predicted molar refractivity (Wildman–Crippen MR) is 72.6 cm³/mol. The number of anilines is 1. The molecular formula is C11H15Cl2NS. The Labute approximate surface area is 106 Å². The minimum Gasteiger partial charge on any atom is -0.385 e. The quantitative estimate of drug-likeness (QED) is 0.756. The van der Waals surface area contributed by atoms with Gasteiger partial charge in [-0.3, -0.25) is 0 Å². The van der Waals surface area contributed by atoms with Crippen molar-refractivity contribution in [2.24, 2.45) is 0 Å². The van der Waals surface area contributed by atoms with Crippen LogP contribution in [-0.4, -0.2) is 18.6 Å². The standard InChI is InChI=1S/C11H15Cl2NS/c1-15-5-3-2-4-14-11-7-9(12)6-10(13)8-11/h6-8,14H,2-5H2,1H3. The van der Waals surface area contributed by atoms with Crippen molar-refractivity contribution >= 4 is 40.7 Å². The molecule has 0 aromatic heterocycles. The van der Waals surface area contributed by atoms with E-state index in [0.717, 1.165) is 12.2 Å². The number of nitrogens with one attached hydrogen (secondary N) is 1. The monoisotopic (exact) mass is 263 g/mol. The van der Waals surface area contributed by atoms with Crippen molar-refractivity contribution < 1.29 is 0 Å². The molecule has 0 amide bonds. The summed E-state index contributed by atoms with van der Waals surface area (Å²) in [5.41, 5.74) is 0.997. The van der Waals surface area contributed by atoms with Gasteiger partial charge in [0.1, 0.15) is 0 Å². The largest absolute Gasteiger partial charge is 0.385 e. The minimum atomic E-state index is 0.675. The van der Waals surface area contributed by atoms with E-state index in [1.165, 1.54) is 18.6 Å². The third kappa shape index (κ3) is 5.55. The number of thioether (sulfide) groups is 1. The van der Waals surface area contributed by atoms with Crippen molar-refractivity contribution in [2.45, 2.75) is 12.8 Å². The summed E-state index contributed by atoms with van der Waals surface area (Å²) < 4.78 is 0. The van der Waals surface area contributed by atoms with Gasteiger partial charge in [0.15, 0.2) is 0 Å². The molecular weight excluding hydrogens is 249 g/mol. The zero-order valence-electron chi connectivity index (χ0n) is 8.72. The molecule has 0 spiro atoms. The van der Waals surface area contributed by atoms with Gasteiger partial charge < -0.3 is 5.32 Å². The average molecular weight is 264 g/mol. The van der Waals surface area contributed by atoms with Crippen LogP contribution in [0.1, 0.15) is 12.8 Å². The molecule has 0 saturated carbocycles. The molecule has 15 heavy (non-hydrogen) atoms. The molecule has 0 atom stereocenters. The molecule has 0 unspecified atom stereocenters. The Balaban J connectivity index is 2.31. The summed E-state index contributed by atoms with van der Waals surface area (Å²) >= 11 is 13.7. The van der Waals surface area contributed by atoms with Gasteiger partial charge in [-0.1, -0.05) is 23.2 Å². The maximum absolute atomic E-state index is 5.88. The van der Waals surface area contributed by atoms with Gasteiger partial charge in [-0.15, -0.1) is 0 Å². The molecule has 1 nitrogen and oxygen atoms in total. The van der Waals surface area contributed by atoms with Crippen LogP contribution in [0.4, 0.5) is 5.69 Å². The molecule has 84 valence electrons. The smallest absolute Gasteiger partial charge is 0.0441 e. The summed E-state index contributed by atoms with van der Waals surface area (Å²) in [6.07, 6.45) is 4.54. The molecule has 1 N–H and O–H groups in total. The number of benzene rings is 1. The second-order valence-electron chi connectivity index (χ2n) is 3.28. The summed E-state index contributed by atoms with van der Waals surface area (Å²) in [7, 11) is 0. The molecule has 0 fully saturated rings. The Kier molecular flexibility index (Phi) is 6.30. The van der Waals surface area contributed by atoms with Gasteiger partial charge >= 0.3 is 0 Å². The average Bonchev–Trinajstić information content (AvgIpc) is 2.16. The highest BCUT2D eigenvalue weighted by molar-refractivity contribution is 7.98. The fraction of sp³-hybridized carbons (Fsp3) is 0.455. The lowest BCUT2D eigenvalue weighted by Crippen LogP contribution is -2.01. The van der Waals surface area contributed by atoms with E-state index in [4.69, 9.17) is 23.2 Å². The first-order valence-corrected chi connectivity index (χ1v) is 7.06. The molecule has 0 saturated heterocycles. The van der Waals surface area contributed by atoms with Crippen molar-refractivity contribution in [2.75, 3.05) is 23.9 Å². The topological polar surface area (TPSA) is 12.0 Å². The number of unbranched alkanes of at least 4 members (excludes halogenated alkanes) is 1. The van der Waals surface area contributed by atoms with Crippen molar-refractivity contribution in [3.05, 3.63) is 28.2 Å². The van der Waals surface area contributed by atoms with Gasteiger partial charge in [0.2, 0.25) is 0 Å². The van der Waals surface area contributed by atoms with E-state index < -0.39 is 0 Å². The number of hydrogen-bond donors (Lipinski definition) is 1. The van der Waals surface area contributed by atoms with Crippen molar-refractivity contribution in [1.82, 2.24) is 0 Å². The van der Waals surface area contributed by atoms with Crippen LogP contribution in [0.5, 0.6) is 0 Å². The van der Waals surface area contributed by atoms with E-state index in [2.05, 4.69) is 11.6 Å². The first-order valence-electron chi connectivity index (χ1n) is 4.91. The summed E-state index contributed by atoms with van der Waals surface area (Å²) in [6.45, 7) is 0.969. The van der Waals surface area contributed by atoms with Crippen LogP contribution in [0, 0.1) is 0 Å². The molecule has 1 aromatic carbocycles. The number of hydrogen-bond acceptors (Lipinski definition) is 2. The molecule has 4 heteroatoms. The lowest BCUT2D eigenvalue weighted by Gasteiger charge is -2.06. The van der Waals surface area contributed by atoms with Gasteiger partial charge in [0.25, 0.3) is 0 Å². The number of rotatable bonds is 6. The molecule has 0 aliphatic heterocycles. The van der Waals surface area contributed by atoms with Crippen LogP contribution in [-0.2, 0) is 0 Å². The van der Waals surface area contributed by atoms with Gasteiger partial charge in [0, 0.05) is 22.3 Å². The highest BCUT2D eigenvalue weighted by Gasteiger charge is 1.97. The lowest BCUT2D eigenvalue weighted by molar-refractivity contribution is 0.843. The maximum atomic E-state index is 5.88. The highest BCUT2D eigenvalue weighted by Crippen LogP contribution is 2.22. The Hall–Kier alpha value is -0.0500. The zero-order chi connectivity index (χ0) is 11.1. The normalized spacial score (nSPS) is 10.3. The van der Waals surface area contributed by atoms with E-state index >= 15 is 0 Å². The molecule has 0 radical (unpaired) electrons.